The number of halogens is 3. The Bertz CT molecular complexity index is 753. The van der Waals surface area contributed by atoms with Gasteiger partial charge in [0.2, 0.25) is 0 Å². The molecule has 1 aliphatic heterocycles. The van der Waals surface area contributed by atoms with Crippen LogP contribution in [0.4, 0.5) is 11.4 Å². The van der Waals surface area contributed by atoms with E-state index in [1.54, 1.807) is 6.07 Å². The molecule has 0 radical (unpaired) electrons. The normalized spacial score (nSPS) is 14.6. The number of benzene rings is 2. The fourth-order valence-electron chi connectivity index (χ4n) is 3.45. The largest absolute Gasteiger partial charge is 0.399 e. The lowest BCUT2D eigenvalue weighted by Gasteiger charge is -2.37. The summed E-state index contributed by atoms with van der Waals surface area (Å²) in [5, 5.41) is 3.10. The van der Waals surface area contributed by atoms with Crippen LogP contribution in [0.25, 0.3) is 0 Å². The van der Waals surface area contributed by atoms with Crippen LogP contribution in [-0.4, -0.2) is 49.6 Å². The number of rotatable bonds is 5. The lowest BCUT2D eigenvalue weighted by atomic mass is 10.1. The van der Waals surface area contributed by atoms with Crippen LogP contribution in [0.5, 0.6) is 0 Å². The first-order valence-corrected chi connectivity index (χ1v) is 9.22. The molecule has 0 aliphatic carbocycles. The third-order valence-corrected chi connectivity index (χ3v) is 4.91. The maximum Gasteiger partial charge on any atom is 0.251 e. The minimum Gasteiger partial charge on any atom is -0.399 e. The average Bonchev–Trinajstić information content (AvgIpc) is 2.65. The minimum absolute atomic E-state index is 0. The van der Waals surface area contributed by atoms with Gasteiger partial charge in [-0.2, -0.15) is 0 Å². The predicted molar refractivity (Wildman–Crippen MR) is 129 cm³/mol. The van der Waals surface area contributed by atoms with E-state index in [1.807, 2.05) is 25.1 Å². The van der Waals surface area contributed by atoms with Crippen molar-refractivity contribution in [2.45, 2.75) is 19.9 Å². The monoisotopic (exact) mass is 460 g/mol. The summed E-state index contributed by atoms with van der Waals surface area (Å²) < 4.78 is 0. The summed E-state index contributed by atoms with van der Waals surface area (Å²) in [6, 6.07) is 16.1. The molecule has 1 fully saturated rings. The highest BCUT2D eigenvalue weighted by molar-refractivity contribution is 5.96. The Morgan fingerprint density at radius 2 is 1.66 bits per heavy atom. The van der Waals surface area contributed by atoms with E-state index in [1.165, 1.54) is 5.69 Å². The van der Waals surface area contributed by atoms with Crippen molar-refractivity contribution in [3.63, 3.8) is 0 Å². The van der Waals surface area contributed by atoms with E-state index < -0.39 is 0 Å². The van der Waals surface area contributed by atoms with Gasteiger partial charge in [0.05, 0.1) is 0 Å². The molecule has 1 aliphatic rings. The van der Waals surface area contributed by atoms with E-state index in [2.05, 4.69) is 46.3 Å². The average molecular weight is 462 g/mol. The van der Waals surface area contributed by atoms with Crippen molar-refractivity contribution < 1.29 is 4.79 Å². The van der Waals surface area contributed by atoms with E-state index in [0.717, 1.165) is 38.3 Å². The molecular weight excluding hydrogens is 431 g/mol. The Kier molecular flexibility index (Phi) is 12.1. The Balaban J connectivity index is 0.00000261. The number of amides is 1. The Hall–Kier alpha value is -1.66. The number of aryl methyl sites for hydroxylation is 1. The molecule has 1 heterocycles. The topological polar surface area (TPSA) is 61.6 Å². The molecule has 1 saturated heterocycles. The SMILES string of the molecule is Cc1ccc(N)cc1C(=O)NC(C)CN1CCN(c2ccccc2)CC1.Cl.Cl.Cl. The highest BCUT2D eigenvalue weighted by Crippen LogP contribution is 2.16. The van der Waals surface area contributed by atoms with E-state index in [9.17, 15) is 4.79 Å². The van der Waals surface area contributed by atoms with Crippen LogP contribution >= 0.6 is 37.2 Å². The van der Waals surface area contributed by atoms with Gasteiger partial charge < -0.3 is 16.0 Å². The minimum atomic E-state index is -0.0507. The van der Waals surface area contributed by atoms with Crippen molar-refractivity contribution in [2.24, 2.45) is 0 Å². The fourth-order valence-corrected chi connectivity index (χ4v) is 3.45. The number of nitrogens with zero attached hydrogens (tertiary/aromatic N) is 2. The zero-order chi connectivity index (χ0) is 18.5. The first-order valence-electron chi connectivity index (χ1n) is 9.22. The fraction of sp³-hybridized carbons (Fsp3) is 0.381. The highest BCUT2D eigenvalue weighted by Gasteiger charge is 2.20. The Labute approximate surface area is 192 Å². The number of para-hydroxylation sites is 1. The number of carbonyl (C=O) groups excluding carboxylic acids is 1. The zero-order valence-corrected chi connectivity index (χ0v) is 19.3. The summed E-state index contributed by atoms with van der Waals surface area (Å²) >= 11 is 0. The summed E-state index contributed by atoms with van der Waals surface area (Å²) in [7, 11) is 0. The lowest BCUT2D eigenvalue weighted by Crippen LogP contribution is -2.50. The van der Waals surface area contributed by atoms with Crippen molar-refractivity contribution in [1.29, 1.82) is 0 Å². The third kappa shape index (κ3) is 7.59. The molecule has 2 aromatic rings. The number of hydrogen-bond donors (Lipinski definition) is 2. The van der Waals surface area contributed by atoms with Crippen molar-refractivity contribution in [3.8, 4) is 0 Å². The quantitative estimate of drug-likeness (QED) is 0.665. The van der Waals surface area contributed by atoms with Crippen LogP contribution in [0.3, 0.4) is 0 Å². The number of anilines is 2. The summed E-state index contributed by atoms with van der Waals surface area (Å²) in [6.07, 6.45) is 0. The molecule has 1 amide bonds. The number of nitrogens with two attached hydrogens (primary N) is 1. The van der Waals surface area contributed by atoms with E-state index in [-0.39, 0.29) is 49.2 Å². The van der Waals surface area contributed by atoms with Crippen LogP contribution in [0.2, 0.25) is 0 Å². The van der Waals surface area contributed by atoms with E-state index >= 15 is 0 Å². The zero-order valence-electron chi connectivity index (χ0n) is 16.8. The van der Waals surface area contributed by atoms with Gasteiger partial charge in [-0.3, -0.25) is 9.69 Å². The molecule has 3 rings (SSSR count). The molecule has 1 atom stereocenters. The molecule has 0 aromatic heterocycles. The molecule has 3 N–H and O–H groups in total. The van der Waals surface area contributed by atoms with Crippen LogP contribution in [0, 0.1) is 6.92 Å². The first-order chi connectivity index (χ1) is 12.5. The van der Waals surface area contributed by atoms with Gasteiger partial charge in [-0.15, -0.1) is 37.2 Å². The number of hydrogen-bond acceptors (Lipinski definition) is 4. The second-order valence-corrected chi connectivity index (χ2v) is 7.07. The maximum absolute atomic E-state index is 12.5. The van der Waals surface area contributed by atoms with Gasteiger partial charge in [0.15, 0.2) is 0 Å². The maximum atomic E-state index is 12.5. The number of nitrogens with one attached hydrogen (secondary N) is 1. The van der Waals surface area contributed by atoms with Crippen molar-refractivity contribution >= 4 is 54.5 Å². The van der Waals surface area contributed by atoms with Gasteiger partial charge in [-0.1, -0.05) is 24.3 Å². The molecule has 8 heteroatoms. The van der Waals surface area contributed by atoms with Crippen molar-refractivity contribution in [1.82, 2.24) is 10.2 Å². The van der Waals surface area contributed by atoms with Crippen molar-refractivity contribution in [2.75, 3.05) is 43.4 Å². The van der Waals surface area contributed by atoms with Crippen LogP contribution < -0.4 is 16.0 Å². The molecule has 0 saturated carbocycles. The molecule has 162 valence electrons. The predicted octanol–water partition coefficient (Wildman–Crippen LogP) is 3.78. The second kappa shape index (κ2) is 12.8. The Morgan fingerprint density at radius 3 is 2.28 bits per heavy atom. The molecule has 5 nitrogen and oxygen atoms in total. The van der Waals surface area contributed by atoms with Crippen LogP contribution in [0.1, 0.15) is 22.8 Å². The number of nitrogen functional groups attached to an aromatic ring is 1. The van der Waals surface area contributed by atoms with Crippen LogP contribution in [-0.2, 0) is 0 Å². The summed E-state index contributed by atoms with van der Waals surface area (Å²) in [6.45, 7) is 8.89. The molecule has 0 bridgehead atoms. The number of piperazine rings is 1. The van der Waals surface area contributed by atoms with E-state index in [4.69, 9.17) is 5.73 Å². The summed E-state index contributed by atoms with van der Waals surface area (Å²) in [4.78, 5) is 17.3. The van der Waals surface area contributed by atoms with Gasteiger partial charge in [0.25, 0.3) is 5.91 Å². The third-order valence-electron chi connectivity index (χ3n) is 4.91. The summed E-state index contributed by atoms with van der Waals surface area (Å²) in [5.41, 5.74) is 9.32. The van der Waals surface area contributed by atoms with Gasteiger partial charge in [0.1, 0.15) is 0 Å². The van der Waals surface area contributed by atoms with Gasteiger partial charge in [-0.25, -0.2) is 0 Å². The first kappa shape index (κ1) is 27.3. The summed E-state index contributed by atoms with van der Waals surface area (Å²) in [5.74, 6) is -0.0507. The smallest absolute Gasteiger partial charge is 0.251 e. The highest BCUT2D eigenvalue weighted by atomic mass is 35.5. The second-order valence-electron chi connectivity index (χ2n) is 7.07. The molecule has 2 aromatic carbocycles. The molecule has 29 heavy (non-hydrogen) atoms. The standard InChI is InChI=1S/C21H28N4O.3ClH/c1-16-8-9-18(22)14-20(16)21(26)23-17(2)15-24-10-12-25(13-11-24)19-6-4-3-5-7-19;;;/h3-9,14,17H,10-13,15,22H2,1-2H3,(H,23,26);3*1H. The van der Waals surface area contributed by atoms with Gasteiger partial charge in [0, 0.05) is 55.7 Å². The molecular formula is C21H31Cl3N4O. The lowest BCUT2D eigenvalue weighted by molar-refractivity contribution is 0.0927. The molecule has 0 spiro atoms. The van der Waals surface area contributed by atoms with Gasteiger partial charge >= 0.3 is 0 Å². The molecule has 1 unspecified atom stereocenters. The number of carbonyl (C=O) groups is 1. The van der Waals surface area contributed by atoms with Gasteiger partial charge in [-0.05, 0) is 43.7 Å². The van der Waals surface area contributed by atoms with E-state index in [0.29, 0.717) is 11.3 Å². The Morgan fingerprint density at radius 1 is 1.03 bits per heavy atom. The van der Waals surface area contributed by atoms with Crippen LogP contribution in [0.15, 0.2) is 48.5 Å². The van der Waals surface area contributed by atoms with Crippen molar-refractivity contribution in [3.05, 3.63) is 59.7 Å².